The van der Waals surface area contributed by atoms with Gasteiger partial charge >= 0.3 is 0 Å². The lowest BCUT2D eigenvalue weighted by Crippen LogP contribution is -2.32. The van der Waals surface area contributed by atoms with Crippen molar-refractivity contribution in [2.24, 2.45) is 0 Å². The maximum Gasteiger partial charge on any atom is 0.270 e. The van der Waals surface area contributed by atoms with Crippen LogP contribution in [0.2, 0.25) is 0 Å². The molecule has 1 aromatic carbocycles. The van der Waals surface area contributed by atoms with Crippen molar-refractivity contribution in [2.75, 3.05) is 38.3 Å². The third kappa shape index (κ3) is 4.84. The molecule has 1 amide bonds. The number of anilines is 1. The van der Waals surface area contributed by atoms with Gasteiger partial charge in [-0.15, -0.1) is 0 Å². The van der Waals surface area contributed by atoms with Crippen LogP contribution < -0.4 is 19.7 Å². The van der Waals surface area contributed by atoms with Gasteiger partial charge in [0.25, 0.3) is 5.91 Å². The minimum Gasteiger partial charge on any atom is -0.497 e. The molecule has 26 heavy (non-hydrogen) atoms. The Bertz CT molecular complexity index is 715. The highest BCUT2D eigenvalue weighted by Crippen LogP contribution is 2.18. The molecule has 2 heterocycles. The second kappa shape index (κ2) is 9.03. The van der Waals surface area contributed by atoms with E-state index in [1.807, 2.05) is 24.3 Å². The molecule has 0 aliphatic carbocycles. The highest BCUT2D eigenvalue weighted by molar-refractivity contribution is 5.92. The molecule has 138 valence electrons. The monoisotopic (exact) mass is 356 g/mol. The molecule has 1 aromatic heterocycles. The van der Waals surface area contributed by atoms with E-state index in [2.05, 4.69) is 20.2 Å². The van der Waals surface area contributed by atoms with Crippen molar-refractivity contribution in [1.29, 1.82) is 0 Å². The van der Waals surface area contributed by atoms with Gasteiger partial charge in [0.1, 0.15) is 35.9 Å². The lowest BCUT2D eigenvalue weighted by atomic mass is 10.1. The lowest BCUT2D eigenvalue weighted by Gasteiger charge is -2.27. The summed E-state index contributed by atoms with van der Waals surface area (Å²) in [7, 11) is 1.62. The normalized spacial score (nSPS) is 14.0. The number of benzene rings is 1. The zero-order valence-electron chi connectivity index (χ0n) is 15.0. The molecule has 1 N–H and O–H groups in total. The predicted octanol–water partition coefficient (Wildman–Crippen LogP) is 2.28. The van der Waals surface area contributed by atoms with E-state index in [0.717, 1.165) is 43.2 Å². The van der Waals surface area contributed by atoms with Gasteiger partial charge in [-0.1, -0.05) is 0 Å². The average molecular weight is 356 g/mol. The summed E-state index contributed by atoms with van der Waals surface area (Å²) in [6.45, 7) is 2.73. The van der Waals surface area contributed by atoms with Crippen LogP contribution in [0.4, 0.5) is 5.82 Å². The Kier molecular flexibility index (Phi) is 6.24. The molecule has 3 rings (SSSR count). The Labute approximate surface area is 153 Å². The highest BCUT2D eigenvalue weighted by atomic mass is 16.5. The summed E-state index contributed by atoms with van der Waals surface area (Å²) in [5, 5.41) is 2.82. The number of methoxy groups -OCH3 is 1. The van der Waals surface area contributed by atoms with Gasteiger partial charge in [0, 0.05) is 19.2 Å². The summed E-state index contributed by atoms with van der Waals surface area (Å²) < 4.78 is 10.7. The zero-order chi connectivity index (χ0) is 18.2. The van der Waals surface area contributed by atoms with Crippen molar-refractivity contribution >= 4 is 11.7 Å². The molecule has 7 nitrogen and oxygen atoms in total. The maximum atomic E-state index is 12.3. The van der Waals surface area contributed by atoms with E-state index in [4.69, 9.17) is 9.47 Å². The van der Waals surface area contributed by atoms with Gasteiger partial charge in [0.2, 0.25) is 0 Å². The summed E-state index contributed by atoms with van der Waals surface area (Å²) in [4.78, 5) is 22.9. The molecule has 0 bridgehead atoms. The Balaban J connectivity index is 1.47. The second-order valence-electron chi connectivity index (χ2n) is 6.09. The number of ether oxygens (including phenoxy) is 2. The summed E-state index contributed by atoms with van der Waals surface area (Å²) in [6, 6.07) is 9.07. The van der Waals surface area contributed by atoms with E-state index in [1.54, 1.807) is 13.2 Å². The fourth-order valence-electron chi connectivity index (χ4n) is 2.86. The molecule has 1 saturated heterocycles. The van der Waals surface area contributed by atoms with Gasteiger partial charge in [-0.05, 0) is 43.5 Å². The Hall–Kier alpha value is -2.83. The van der Waals surface area contributed by atoms with Crippen LogP contribution in [0.25, 0.3) is 0 Å². The zero-order valence-corrected chi connectivity index (χ0v) is 15.0. The predicted molar refractivity (Wildman–Crippen MR) is 98.9 cm³/mol. The fraction of sp³-hybridized carbons (Fsp3) is 0.421. The average Bonchev–Trinajstić information content (AvgIpc) is 2.72. The van der Waals surface area contributed by atoms with E-state index in [9.17, 15) is 4.79 Å². The van der Waals surface area contributed by atoms with E-state index in [0.29, 0.717) is 18.8 Å². The van der Waals surface area contributed by atoms with E-state index in [1.165, 1.54) is 12.7 Å². The number of hydrogen-bond acceptors (Lipinski definition) is 6. The first-order valence-electron chi connectivity index (χ1n) is 8.88. The first-order valence-corrected chi connectivity index (χ1v) is 8.88. The molecule has 1 aliphatic rings. The standard InChI is InChI=1S/C19H24N4O3/c1-25-15-5-7-16(8-6-15)26-12-9-20-19(24)17-13-18(22-14-21-17)23-10-3-2-4-11-23/h5-8,13-14H,2-4,9-12H2,1H3,(H,20,24). The molecule has 1 fully saturated rings. The van der Waals surface area contributed by atoms with Crippen LogP contribution >= 0.6 is 0 Å². The van der Waals surface area contributed by atoms with Crippen LogP contribution in [0.3, 0.4) is 0 Å². The molecular weight excluding hydrogens is 332 g/mol. The van der Waals surface area contributed by atoms with Crippen LogP contribution in [0.5, 0.6) is 11.5 Å². The molecule has 0 atom stereocenters. The minimum absolute atomic E-state index is 0.219. The molecule has 0 unspecified atom stereocenters. The van der Waals surface area contributed by atoms with Gasteiger partial charge in [-0.3, -0.25) is 4.79 Å². The highest BCUT2D eigenvalue weighted by Gasteiger charge is 2.15. The van der Waals surface area contributed by atoms with Crippen LogP contribution in [-0.2, 0) is 0 Å². The number of amides is 1. The summed E-state index contributed by atoms with van der Waals surface area (Å²) in [5.41, 5.74) is 0.380. The first kappa shape index (κ1) is 18.0. The quantitative estimate of drug-likeness (QED) is 0.767. The third-order valence-electron chi connectivity index (χ3n) is 4.28. The van der Waals surface area contributed by atoms with Crippen LogP contribution in [0.1, 0.15) is 29.8 Å². The van der Waals surface area contributed by atoms with Crippen molar-refractivity contribution in [2.45, 2.75) is 19.3 Å². The molecule has 7 heteroatoms. The molecular formula is C19H24N4O3. The van der Waals surface area contributed by atoms with Gasteiger partial charge in [0.05, 0.1) is 13.7 Å². The maximum absolute atomic E-state index is 12.3. The number of aromatic nitrogens is 2. The van der Waals surface area contributed by atoms with E-state index >= 15 is 0 Å². The third-order valence-corrected chi connectivity index (χ3v) is 4.28. The summed E-state index contributed by atoms with van der Waals surface area (Å²) >= 11 is 0. The Morgan fingerprint density at radius 1 is 1.12 bits per heavy atom. The smallest absolute Gasteiger partial charge is 0.270 e. The Morgan fingerprint density at radius 3 is 2.58 bits per heavy atom. The SMILES string of the molecule is COc1ccc(OCCNC(=O)c2cc(N3CCCCC3)ncn2)cc1. The topological polar surface area (TPSA) is 76.6 Å². The number of nitrogens with one attached hydrogen (secondary N) is 1. The van der Waals surface area contributed by atoms with Gasteiger partial charge in [-0.25, -0.2) is 9.97 Å². The fourth-order valence-corrected chi connectivity index (χ4v) is 2.86. The summed E-state index contributed by atoms with van der Waals surface area (Å²) in [5.74, 6) is 2.11. The lowest BCUT2D eigenvalue weighted by molar-refractivity contribution is 0.0942. The van der Waals surface area contributed by atoms with Gasteiger partial charge in [0.15, 0.2) is 0 Å². The second-order valence-corrected chi connectivity index (χ2v) is 6.09. The Morgan fingerprint density at radius 2 is 1.85 bits per heavy atom. The van der Waals surface area contributed by atoms with Crippen molar-refractivity contribution in [3.8, 4) is 11.5 Å². The van der Waals surface area contributed by atoms with E-state index in [-0.39, 0.29) is 5.91 Å². The number of carbonyl (C=O) groups is 1. The summed E-state index contributed by atoms with van der Waals surface area (Å²) in [6.07, 6.45) is 5.03. The van der Waals surface area contributed by atoms with Crippen molar-refractivity contribution in [1.82, 2.24) is 15.3 Å². The first-order chi connectivity index (χ1) is 12.8. The largest absolute Gasteiger partial charge is 0.497 e. The molecule has 2 aromatic rings. The van der Waals surface area contributed by atoms with Crippen molar-refractivity contribution in [3.63, 3.8) is 0 Å². The number of nitrogens with zero attached hydrogens (tertiary/aromatic N) is 3. The molecule has 1 aliphatic heterocycles. The van der Waals surface area contributed by atoms with Crippen LogP contribution in [0, 0.1) is 0 Å². The van der Waals surface area contributed by atoms with Crippen molar-refractivity contribution in [3.05, 3.63) is 42.4 Å². The number of rotatable bonds is 7. The van der Waals surface area contributed by atoms with Gasteiger partial charge < -0.3 is 19.7 Å². The van der Waals surface area contributed by atoms with Crippen LogP contribution in [-0.4, -0.2) is 49.2 Å². The minimum atomic E-state index is -0.219. The van der Waals surface area contributed by atoms with E-state index < -0.39 is 0 Å². The molecule has 0 saturated carbocycles. The number of carbonyl (C=O) groups excluding carboxylic acids is 1. The van der Waals surface area contributed by atoms with Crippen molar-refractivity contribution < 1.29 is 14.3 Å². The number of piperidine rings is 1. The number of hydrogen-bond donors (Lipinski definition) is 1. The van der Waals surface area contributed by atoms with Gasteiger partial charge in [-0.2, -0.15) is 0 Å². The van der Waals surface area contributed by atoms with Crippen LogP contribution in [0.15, 0.2) is 36.7 Å². The molecule has 0 spiro atoms. The molecule has 0 radical (unpaired) electrons.